The highest BCUT2D eigenvalue weighted by Crippen LogP contribution is 2.40. The molecule has 1 aliphatic rings. The van der Waals surface area contributed by atoms with Crippen LogP contribution in [-0.2, 0) is 0 Å². The van der Waals surface area contributed by atoms with E-state index < -0.39 is 6.10 Å². The van der Waals surface area contributed by atoms with Crippen LogP contribution in [0.3, 0.4) is 0 Å². The zero-order valence-corrected chi connectivity index (χ0v) is 8.96. The number of hydrogen-bond acceptors (Lipinski definition) is 2. The average Bonchev–Trinajstić information content (AvgIpc) is 2.23. The molecule has 0 radical (unpaired) electrons. The number of ether oxygens (including phenoxy) is 1. The SMILES string of the molecule is COc1cc(F)c2c(c1)[C@H](O)CCC2C. The number of hydrogen-bond donors (Lipinski definition) is 1. The minimum Gasteiger partial charge on any atom is -0.497 e. The molecule has 0 heterocycles. The maximum atomic E-state index is 13.8. The summed E-state index contributed by atoms with van der Waals surface area (Å²) in [5.41, 5.74) is 1.33. The molecule has 2 atom stereocenters. The molecule has 1 unspecified atom stereocenters. The van der Waals surface area contributed by atoms with Gasteiger partial charge in [0.05, 0.1) is 13.2 Å². The standard InChI is InChI=1S/C12H15FO2/c1-7-3-4-11(14)9-5-8(15-2)6-10(13)12(7)9/h5-7,11,14H,3-4H2,1-2H3/t7?,11-/m1/s1. The molecule has 2 nitrogen and oxygen atoms in total. The van der Waals surface area contributed by atoms with Crippen LogP contribution in [0.4, 0.5) is 4.39 Å². The summed E-state index contributed by atoms with van der Waals surface area (Å²) in [7, 11) is 1.50. The van der Waals surface area contributed by atoms with Crippen molar-refractivity contribution in [1.82, 2.24) is 0 Å². The van der Waals surface area contributed by atoms with Gasteiger partial charge in [-0.25, -0.2) is 4.39 Å². The first-order valence-electron chi connectivity index (χ1n) is 5.19. The third-order valence-corrected chi connectivity index (χ3v) is 3.10. The summed E-state index contributed by atoms with van der Waals surface area (Å²) in [5, 5.41) is 9.80. The van der Waals surface area contributed by atoms with Gasteiger partial charge in [-0.2, -0.15) is 0 Å². The lowest BCUT2D eigenvalue weighted by atomic mass is 9.82. The van der Waals surface area contributed by atoms with Crippen LogP contribution < -0.4 is 4.74 Å². The number of fused-ring (bicyclic) bond motifs is 1. The Balaban J connectivity index is 2.56. The molecule has 2 rings (SSSR count). The lowest BCUT2D eigenvalue weighted by Crippen LogP contribution is -2.14. The minimum absolute atomic E-state index is 0.175. The molecule has 1 N–H and O–H groups in total. The summed E-state index contributed by atoms with van der Waals surface area (Å²) in [6, 6.07) is 3.12. The molecule has 82 valence electrons. The first kappa shape index (κ1) is 10.4. The molecule has 0 aliphatic heterocycles. The van der Waals surface area contributed by atoms with Crippen LogP contribution in [0, 0.1) is 5.82 Å². The summed E-state index contributed by atoms with van der Waals surface area (Å²) in [5.74, 6) is 0.379. The van der Waals surface area contributed by atoms with Gasteiger partial charge in [0.2, 0.25) is 0 Å². The fourth-order valence-corrected chi connectivity index (χ4v) is 2.23. The Bertz CT molecular complexity index is 376. The highest BCUT2D eigenvalue weighted by molar-refractivity contribution is 5.41. The molecule has 0 saturated carbocycles. The molecule has 1 aliphatic carbocycles. The molecular weight excluding hydrogens is 195 g/mol. The van der Waals surface area contributed by atoms with Crippen molar-refractivity contribution >= 4 is 0 Å². The summed E-state index contributed by atoms with van der Waals surface area (Å²) < 4.78 is 18.7. The molecule has 0 saturated heterocycles. The Kier molecular flexibility index (Phi) is 2.65. The van der Waals surface area contributed by atoms with Gasteiger partial charge in [0.15, 0.2) is 0 Å². The monoisotopic (exact) mass is 210 g/mol. The number of halogens is 1. The number of rotatable bonds is 1. The van der Waals surface area contributed by atoms with Gasteiger partial charge in [0.1, 0.15) is 11.6 Å². The van der Waals surface area contributed by atoms with E-state index >= 15 is 0 Å². The molecular formula is C12H15FO2. The van der Waals surface area contributed by atoms with Crippen molar-refractivity contribution in [3.8, 4) is 5.75 Å². The quantitative estimate of drug-likeness (QED) is 0.772. The third kappa shape index (κ3) is 1.72. The van der Waals surface area contributed by atoms with Gasteiger partial charge in [-0.05, 0) is 36.0 Å². The second-order valence-corrected chi connectivity index (χ2v) is 4.11. The van der Waals surface area contributed by atoms with Crippen LogP contribution in [0.15, 0.2) is 12.1 Å². The van der Waals surface area contributed by atoms with Gasteiger partial charge in [0, 0.05) is 6.07 Å². The van der Waals surface area contributed by atoms with Gasteiger partial charge < -0.3 is 9.84 Å². The van der Waals surface area contributed by atoms with Gasteiger partial charge in [-0.1, -0.05) is 6.92 Å². The van der Waals surface area contributed by atoms with E-state index in [4.69, 9.17) is 4.74 Å². The van der Waals surface area contributed by atoms with E-state index in [1.54, 1.807) is 6.07 Å². The molecule has 0 amide bonds. The van der Waals surface area contributed by atoms with E-state index in [0.717, 1.165) is 6.42 Å². The van der Waals surface area contributed by atoms with Gasteiger partial charge >= 0.3 is 0 Å². The normalized spacial score (nSPS) is 24.8. The van der Waals surface area contributed by atoms with Crippen molar-refractivity contribution in [3.63, 3.8) is 0 Å². The first-order valence-corrected chi connectivity index (χ1v) is 5.19. The van der Waals surface area contributed by atoms with Crippen LogP contribution in [-0.4, -0.2) is 12.2 Å². The zero-order chi connectivity index (χ0) is 11.0. The third-order valence-electron chi connectivity index (χ3n) is 3.10. The Hall–Kier alpha value is -1.09. The highest BCUT2D eigenvalue weighted by atomic mass is 19.1. The summed E-state index contributed by atoms with van der Waals surface area (Å²) in [6.45, 7) is 1.99. The number of benzene rings is 1. The Morgan fingerprint density at radius 3 is 2.80 bits per heavy atom. The number of aliphatic hydroxyl groups is 1. The second kappa shape index (κ2) is 3.81. The molecule has 0 spiro atoms. The maximum absolute atomic E-state index is 13.8. The van der Waals surface area contributed by atoms with Crippen molar-refractivity contribution in [2.24, 2.45) is 0 Å². The average molecular weight is 210 g/mol. The Labute approximate surface area is 88.7 Å². The van der Waals surface area contributed by atoms with Crippen molar-refractivity contribution < 1.29 is 14.2 Å². The topological polar surface area (TPSA) is 29.5 Å². The van der Waals surface area contributed by atoms with E-state index in [1.165, 1.54) is 13.2 Å². The Morgan fingerprint density at radius 1 is 1.40 bits per heavy atom. The van der Waals surface area contributed by atoms with Gasteiger partial charge in [0.25, 0.3) is 0 Å². The van der Waals surface area contributed by atoms with Crippen LogP contribution in [0.2, 0.25) is 0 Å². The number of methoxy groups -OCH3 is 1. The van der Waals surface area contributed by atoms with E-state index in [-0.39, 0.29) is 11.7 Å². The van der Waals surface area contributed by atoms with E-state index in [1.807, 2.05) is 6.92 Å². The molecule has 15 heavy (non-hydrogen) atoms. The predicted octanol–water partition coefficient (Wildman–Crippen LogP) is 2.77. The van der Waals surface area contributed by atoms with Crippen molar-refractivity contribution in [2.45, 2.75) is 31.8 Å². The Morgan fingerprint density at radius 2 is 2.13 bits per heavy atom. The smallest absolute Gasteiger partial charge is 0.130 e. The van der Waals surface area contributed by atoms with Crippen molar-refractivity contribution in [2.75, 3.05) is 7.11 Å². The number of aliphatic hydroxyl groups excluding tert-OH is 1. The summed E-state index contributed by atoms with van der Waals surface area (Å²) >= 11 is 0. The molecule has 0 bridgehead atoms. The van der Waals surface area contributed by atoms with E-state index in [9.17, 15) is 9.50 Å². The molecule has 1 aromatic carbocycles. The maximum Gasteiger partial charge on any atom is 0.130 e. The van der Waals surface area contributed by atoms with E-state index in [0.29, 0.717) is 23.3 Å². The summed E-state index contributed by atoms with van der Waals surface area (Å²) in [4.78, 5) is 0. The minimum atomic E-state index is -0.555. The van der Waals surface area contributed by atoms with Crippen LogP contribution in [0.25, 0.3) is 0 Å². The lowest BCUT2D eigenvalue weighted by molar-refractivity contribution is 0.150. The second-order valence-electron chi connectivity index (χ2n) is 4.11. The van der Waals surface area contributed by atoms with E-state index in [2.05, 4.69) is 0 Å². The van der Waals surface area contributed by atoms with Gasteiger partial charge in [-0.3, -0.25) is 0 Å². The molecule has 3 heteroatoms. The molecule has 0 fully saturated rings. The van der Waals surface area contributed by atoms with Crippen molar-refractivity contribution in [3.05, 3.63) is 29.1 Å². The largest absolute Gasteiger partial charge is 0.497 e. The van der Waals surface area contributed by atoms with Crippen LogP contribution in [0.5, 0.6) is 5.75 Å². The van der Waals surface area contributed by atoms with Gasteiger partial charge in [-0.15, -0.1) is 0 Å². The van der Waals surface area contributed by atoms with Crippen molar-refractivity contribution in [1.29, 1.82) is 0 Å². The van der Waals surface area contributed by atoms with Crippen LogP contribution >= 0.6 is 0 Å². The fourth-order valence-electron chi connectivity index (χ4n) is 2.23. The molecule has 1 aromatic rings. The zero-order valence-electron chi connectivity index (χ0n) is 8.96. The highest BCUT2D eigenvalue weighted by Gasteiger charge is 2.26. The fraction of sp³-hybridized carbons (Fsp3) is 0.500. The first-order chi connectivity index (χ1) is 7.13. The lowest BCUT2D eigenvalue weighted by Gasteiger charge is -2.27. The summed E-state index contributed by atoms with van der Waals surface area (Å²) in [6.07, 6.45) is 0.971. The van der Waals surface area contributed by atoms with Crippen LogP contribution in [0.1, 0.15) is 42.9 Å². The molecule has 0 aromatic heterocycles. The predicted molar refractivity (Wildman–Crippen MR) is 55.6 cm³/mol.